The van der Waals surface area contributed by atoms with Crippen LogP contribution in [0.5, 0.6) is 0 Å². The number of hydrogen-bond acceptors (Lipinski definition) is 5. The summed E-state index contributed by atoms with van der Waals surface area (Å²) in [4.78, 5) is 14.4. The number of nitrogens with one attached hydrogen (secondary N) is 1. The molecule has 0 saturated carbocycles. The number of thioether (sulfide) groups is 1. The normalized spacial score (nSPS) is 10.8. The van der Waals surface area contributed by atoms with Crippen molar-refractivity contribution in [1.29, 1.82) is 0 Å². The van der Waals surface area contributed by atoms with Crippen molar-refractivity contribution in [2.24, 2.45) is 7.05 Å². The number of benzene rings is 2. The maximum absolute atomic E-state index is 12.3. The molecule has 3 rings (SSSR count). The van der Waals surface area contributed by atoms with Gasteiger partial charge in [-0.1, -0.05) is 17.8 Å². The van der Waals surface area contributed by atoms with Crippen molar-refractivity contribution in [2.45, 2.75) is 19.0 Å². The number of rotatable bonds is 6. The van der Waals surface area contributed by atoms with Gasteiger partial charge in [0.25, 0.3) is 0 Å². The van der Waals surface area contributed by atoms with Crippen LogP contribution in [0.3, 0.4) is 0 Å². The fourth-order valence-electron chi connectivity index (χ4n) is 2.97. The van der Waals surface area contributed by atoms with Crippen molar-refractivity contribution < 1.29 is 4.79 Å². The molecule has 28 heavy (non-hydrogen) atoms. The molecular formula is C21H25N5OS. The lowest BCUT2D eigenvalue weighted by Crippen LogP contribution is -2.14. The lowest BCUT2D eigenvalue weighted by Gasteiger charge is -2.12. The Morgan fingerprint density at radius 3 is 2.32 bits per heavy atom. The number of anilines is 2. The molecule has 7 heteroatoms. The molecule has 3 aromatic rings. The zero-order chi connectivity index (χ0) is 20.3. The zero-order valence-corrected chi connectivity index (χ0v) is 17.7. The summed E-state index contributed by atoms with van der Waals surface area (Å²) < 4.78 is 1.92. The molecule has 0 saturated heterocycles. The molecule has 0 atom stereocenters. The monoisotopic (exact) mass is 395 g/mol. The molecule has 0 aliphatic carbocycles. The summed E-state index contributed by atoms with van der Waals surface area (Å²) in [5.41, 5.74) is 5.20. The Morgan fingerprint density at radius 2 is 1.71 bits per heavy atom. The van der Waals surface area contributed by atoms with Crippen LogP contribution in [0.15, 0.2) is 47.6 Å². The van der Waals surface area contributed by atoms with Crippen LogP contribution in [0, 0.1) is 13.8 Å². The molecule has 0 radical (unpaired) electrons. The number of aromatic nitrogens is 3. The van der Waals surface area contributed by atoms with E-state index in [9.17, 15) is 4.79 Å². The van der Waals surface area contributed by atoms with Crippen molar-refractivity contribution >= 4 is 29.0 Å². The number of amides is 1. The predicted octanol–water partition coefficient (Wildman–Crippen LogP) is 3.90. The van der Waals surface area contributed by atoms with Crippen LogP contribution in [-0.2, 0) is 11.8 Å². The molecule has 0 fully saturated rings. The molecule has 0 spiro atoms. The Kier molecular flexibility index (Phi) is 6.04. The molecular weight excluding hydrogens is 370 g/mol. The van der Waals surface area contributed by atoms with Crippen molar-refractivity contribution in [2.75, 3.05) is 30.1 Å². The smallest absolute Gasteiger partial charge is 0.234 e. The highest BCUT2D eigenvalue weighted by molar-refractivity contribution is 7.99. The second-order valence-electron chi connectivity index (χ2n) is 7.02. The number of hydrogen-bond donors (Lipinski definition) is 1. The summed E-state index contributed by atoms with van der Waals surface area (Å²) in [6, 6.07) is 14.2. The third-order valence-electron chi connectivity index (χ3n) is 4.31. The van der Waals surface area contributed by atoms with Crippen molar-refractivity contribution in [1.82, 2.24) is 14.8 Å². The molecule has 1 N–H and O–H groups in total. The lowest BCUT2D eigenvalue weighted by atomic mass is 10.1. The third kappa shape index (κ3) is 4.72. The van der Waals surface area contributed by atoms with E-state index in [1.165, 1.54) is 11.8 Å². The standard InChI is InChI=1S/C21H25N5OS/c1-14-10-15(2)12-17(11-14)22-19(27)13-28-21-24-23-20(26(21)5)16-6-8-18(9-7-16)25(3)4/h6-12H,13H2,1-5H3,(H,22,27). The summed E-state index contributed by atoms with van der Waals surface area (Å²) in [5.74, 6) is 0.996. The first-order valence-electron chi connectivity index (χ1n) is 9.01. The average Bonchev–Trinajstić information content (AvgIpc) is 2.99. The van der Waals surface area contributed by atoms with Crippen molar-refractivity contribution in [3.8, 4) is 11.4 Å². The largest absolute Gasteiger partial charge is 0.378 e. The number of carbonyl (C=O) groups is 1. The van der Waals surface area contributed by atoms with Crippen molar-refractivity contribution in [3.63, 3.8) is 0 Å². The molecule has 0 aliphatic heterocycles. The molecule has 1 heterocycles. The van der Waals surface area contributed by atoms with Gasteiger partial charge >= 0.3 is 0 Å². The highest BCUT2D eigenvalue weighted by Crippen LogP contribution is 2.24. The minimum absolute atomic E-state index is 0.0603. The van der Waals surface area contributed by atoms with Gasteiger partial charge in [-0.3, -0.25) is 4.79 Å². The van der Waals surface area contributed by atoms with E-state index in [0.29, 0.717) is 5.16 Å². The Bertz CT molecular complexity index is 959. The summed E-state index contributed by atoms with van der Waals surface area (Å²) in [5, 5.41) is 12.2. The van der Waals surface area contributed by atoms with Gasteiger partial charge in [0.15, 0.2) is 11.0 Å². The average molecular weight is 396 g/mol. The molecule has 6 nitrogen and oxygen atoms in total. The number of carbonyl (C=O) groups excluding carboxylic acids is 1. The van der Waals surface area contributed by atoms with Gasteiger partial charge in [0.2, 0.25) is 5.91 Å². The van der Waals surface area contributed by atoms with E-state index in [2.05, 4.69) is 26.5 Å². The van der Waals surface area contributed by atoms with Gasteiger partial charge in [-0.2, -0.15) is 0 Å². The van der Waals surface area contributed by atoms with E-state index in [4.69, 9.17) is 0 Å². The molecule has 0 unspecified atom stereocenters. The topological polar surface area (TPSA) is 63.1 Å². The summed E-state index contributed by atoms with van der Waals surface area (Å²) >= 11 is 1.38. The van der Waals surface area contributed by atoms with E-state index in [0.717, 1.165) is 33.9 Å². The van der Waals surface area contributed by atoms with Crippen LogP contribution in [0.25, 0.3) is 11.4 Å². The van der Waals surface area contributed by atoms with Gasteiger partial charge in [-0.05, 0) is 61.4 Å². The fourth-order valence-corrected chi connectivity index (χ4v) is 3.69. The van der Waals surface area contributed by atoms with Gasteiger partial charge in [0.05, 0.1) is 5.75 Å². The molecule has 1 aromatic heterocycles. The Hall–Kier alpha value is -2.80. The fraction of sp³-hybridized carbons (Fsp3) is 0.286. The Balaban J connectivity index is 1.64. The summed E-state index contributed by atoms with van der Waals surface area (Å²) in [6.07, 6.45) is 0. The predicted molar refractivity (Wildman–Crippen MR) is 116 cm³/mol. The summed E-state index contributed by atoms with van der Waals surface area (Å²) in [6.45, 7) is 4.03. The Morgan fingerprint density at radius 1 is 1.07 bits per heavy atom. The maximum atomic E-state index is 12.3. The van der Waals surface area contributed by atoms with Gasteiger partial charge in [-0.25, -0.2) is 0 Å². The van der Waals surface area contributed by atoms with Crippen molar-refractivity contribution in [3.05, 3.63) is 53.6 Å². The minimum Gasteiger partial charge on any atom is -0.378 e. The van der Waals surface area contributed by atoms with Gasteiger partial charge in [0.1, 0.15) is 0 Å². The van der Waals surface area contributed by atoms with Crippen LogP contribution in [0.1, 0.15) is 11.1 Å². The van der Waals surface area contributed by atoms with Gasteiger partial charge in [-0.15, -0.1) is 10.2 Å². The van der Waals surface area contributed by atoms with Crippen LogP contribution < -0.4 is 10.2 Å². The number of aryl methyl sites for hydroxylation is 2. The lowest BCUT2D eigenvalue weighted by molar-refractivity contribution is -0.113. The van der Waals surface area contributed by atoms with Crippen LogP contribution >= 0.6 is 11.8 Å². The van der Waals surface area contributed by atoms with Gasteiger partial charge < -0.3 is 14.8 Å². The number of nitrogens with zero attached hydrogens (tertiary/aromatic N) is 4. The van der Waals surface area contributed by atoms with Crippen LogP contribution in [0.2, 0.25) is 0 Å². The minimum atomic E-state index is -0.0603. The first kappa shape index (κ1) is 19.9. The van der Waals surface area contributed by atoms with E-state index < -0.39 is 0 Å². The zero-order valence-electron chi connectivity index (χ0n) is 16.9. The first-order valence-corrected chi connectivity index (χ1v) is 10.00. The highest BCUT2D eigenvalue weighted by Gasteiger charge is 2.13. The first-order chi connectivity index (χ1) is 13.3. The third-order valence-corrected chi connectivity index (χ3v) is 5.33. The summed E-state index contributed by atoms with van der Waals surface area (Å²) in [7, 11) is 5.93. The highest BCUT2D eigenvalue weighted by atomic mass is 32.2. The van der Waals surface area contributed by atoms with Gasteiger partial charge in [0, 0.05) is 38.1 Å². The van der Waals surface area contributed by atoms with E-state index in [-0.39, 0.29) is 11.7 Å². The molecule has 1 amide bonds. The van der Waals surface area contributed by atoms with E-state index >= 15 is 0 Å². The SMILES string of the molecule is Cc1cc(C)cc(NC(=O)CSc2nnc(-c3ccc(N(C)C)cc3)n2C)c1. The van der Waals surface area contributed by atoms with E-state index in [1.807, 2.05) is 76.0 Å². The maximum Gasteiger partial charge on any atom is 0.234 e. The molecule has 2 aromatic carbocycles. The molecule has 146 valence electrons. The second-order valence-corrected chi connectivity index (χ2v) is 7.96. The Labute approximate surface area is 170 Å². The molecule has 0 aliphatic rings. The van der Waals surface area contributed by atoms with E-state index in [1.54, 1.807) is 0 Å². The molecule has 0 bridgehead atoms. The van der Waals surface area contributed by atoms with Crippen LogP contribution in [0.4, 0.5) is 11.4 Å². The van der Waals surface area contributed by atoms with Crippen LogP contribution in [-0.4, -0.2) is 40.5 Å². The second kappa shape index (κ2) is 8.48. The quantitative estimate of drug-likeness (QED) is 0.642.